The molecule has 0 amide bonds. The Morgan fingerprint density at radius 2 is 1.81 bits per heavy atom. The molecule has 3 aromatic rings. The largest absolute Gasteiger partial charge is 0.371 e. The van der Waals surface area contributed by atoms with Crippen LogP contribution in [0.2, 0.25) is 0 Å². The Bertz CT molecular complexity index is 1090. The fourth-order valence-electron chi connectivity index (χ4n) is 3.85. The minimum Gasteiger partial charge on any atom is -0.371 e. The maximum absolute atomic E-state index is 11.8. The Hall–Kier alpha value is -2.84. The molecule has 0 spiro atoms. The summed E-state index contributed by atoms with van der Waals surface area (Å²) in [4.78, 5) is 2.32. The van der Waals surface area contributed by atoms with Crippen LogP contribution in [0, 0.1) is 0 Å². The van der Waals surface area contributed by atoms with E-state index < -0.39 is 10.0 Å². The van der Waals surface area contributed by atoms with E-state index in [1.807, 2.05) is 35.1 Å². The highest BCUT2D eigenvalue weighted by atomic mass is 32.2. The molecule has 1 aliphatic heterocycles. The molecule has 1 aliphatic rings. The van der Waals surface area contributed by atoms with Gasteiger partial charge in [0.1, 0.15) is 0 Å². The molecule has 0 bridgehead atoms. The second kappa shape index (κ2) is 9.53. The van der Waals surface area contributed by atoms with Gasteiger partial charge in [0, 0.05) is 43.8 Å². The minimum atomic E-state index is -3.26. The first-order valence-electron chi connectivity index (χ1n) is 10.7. The van der Waals surface area contributed by atoms with Crippen LogP contribution in [0.15, 0.2) is 67.0 Å². The third-order valence-corrected chi connectivity index (χ3v) is 6.94. The lowest BCUT2D eigenvalue weighted by Crippen LogP contribution is -2.42. The van der Waals surface area contributed by atoms with Crippen molar-refractivity contribution in [2.75, 3.05) is 28.5 Å². The topological polar surface area (TPSA) is 79.3 Å². The van der Waals surface area contributed by atoms with E-state index in [4.69, 9.17) is 0 Å². The highest BCUT2D eigenvalue weighted by Crippen LogP contribution is 2.24. The Labute approximate surface area is 184 Å². The Morgan fingerprint density at radius 3 is 2.55 bits per heavy atom. The lowest BCUT2D eigenvalue weighted by Gasteiger charge is -2.34. The zero-order chi connectivity index (χ0) is 21.7. The number of aromatic nitrogens is 2. The molecular formula is C23H29N5O2S. The van der Waals surface area contributed by atoms with Gasteiger partial charge in [0.2, 0.25) is 10.0 Å². The number of piperidine rings is 1. The number of nitrogens with one attached hydrogen (secondary N) is 2. The van der Waals surface area contributed by atoms with Gasteiger partial charge < -0.3 is 10.2 Å². The summed E-state index contributed by atoms with van der Waals surface area (Å²) in [5.74, 6) is 0.0686. The van der Waals surface area contributed by atoms with E-state index in [9.17, 15) is 8.42 Å². The van der Waals surface area contributed by atoms with E-state index in [1.54, 1.807) is 19.2 Å². The standard InChI is InChI=1S/C23H29N5O2S/c1-2-31(29,30)26-21-7-4-8-22(17-21)27-14-10-20(11-15-27)24-18-19-6-3-9-23(16-19)28-13-5-12-25-28/h3-9,12-13,16-17,20,24,26H,2,10-11,14-15,18H2,1H3. The van der Waals surface area contributed by atoms with Gasteiger partial charge in [0.15, 0.2) is 0 Å². The molecule has 0 atom stereocenters. The van der Waals surface area contributed by atoms with Crippen molar-refractivity contribution in [2.24, 2.45) is 0 Å². The minimum absolute atomic E-state index is 0.0686. The fraction of sp³-hybridized carbons (Fsp3) is 0.348. The molecule has 8 heteroatoms. The van der Waals surface area contributed by atoms with Gasteiger partial charge in [-0.1, -0.05) is 18.2 Å². The summed E-state index contributed by atoms with van der Waals surface area (Å²) in [6.45, 7) is 4.34. The van der Waals surface area contributed by atoms with Crippen molar-refractivity contribution in [3.05, 3.63) is 72.6 Å². The lowest BCUT2D eigenvalue weighted by atomic mass is 10.0. The average molecular weight is 440 g/mol. The van der Waals surface area contributed by atoms with Crippen LogP contribution < -0.4 is 14.9 Å². The van der Waals surface area contributed by atoms with Crippen LogP contribution in [0.25, 0.3) is 5.69 Å². The summed E-state index contributed by atoms with van der Waals surface area (Å²) in [6.07, 6.45) is 5.82. The third kappa shape index (κ3) is 5.65. The van der Waals surface area contributed by atoms with Crippen molar-refractivity contribution in [3.63, 3.8) is 0 Å². The van der Waals surface area contributed by atoms with Gasteiger partial charge in [-0.05, 0) is 61.7 Å². The number of nitrogens with zero attached hydrogens (tertiary/aromatic N) is 3. The Kier molecular flexibility index (Phi) is 6.58. The molecule has 2 N–H and O–H groups in total. The number of hydrogen-bond acceptors (Lipinski definition) is 5. The van der Waals surface area contributed by atoms with E-state index in [0.29, 0.717) is 11.7 Å². The molecule has 4 rings (SSSR count). The van der Waals surface area contributed by atoms with Gasteiger partial charge in [-0.25, -0.2) is 13.1 Å². The predicted octanol–water partition coefficient (Wildman–Crippen LogP) is 3.39. The molecule has 7 nitrogen and oxygen atoms in total. The first-order chi connectivity index (χ1) is 15.0. The van der Waals surface area contributed by atoms with E-state index >= 15 is 0 Å². The van der Waals surface area contributed by atoms with Crippen molar-refractivity contribution < 1.29 is 8.42 Å². The van der Waals surface area contributed by atoms with Gasteiger partial charge in [-0.3, -0.25) is 4.72 Å². The summed E-state index contributed by atoms with van der Waals surface area (Å²) >= 11 is 0. The molecule has 0 saturated carbocycles. The molecule has 0 radical (unpaired) electrons. The molecule has 1 saturated heterocycles. The zero-order valence-electron chi connectivity index (χ0n) is 17.7. The van der Waals surface area contributed by atoms with Crippen LogP contribution >= 0.6 is 0 Å². The summed E-state index contributed by atoms with van der Waals surface area (Å²) in [5, 5.41) is 7.98. The van der Waals surface area contributed by atoms with E-state index in [1.165, 1.54) is 5.56 Å². The fourth-order valence-corrected chi connectivity index (χ4v) is 4.48. The highest BCUT2D eigenvalue weighted by molar-refractivity contribution is 7.92. The third-order valence-electron chi connectivity index (χ3n) is 5.63. The number of anilines is 2. The smallest absolute Gasteiger partial charge is 0.232 e. The van der Waals surface area contributed by atoms with Gasteiger partial charge >= 0.3 is 0 Å². The second-order valence-electron chi connectivity index (χ2n) is 7.82. The molecule has 1 aromatic heterocycles. The van der Waals surface area contributed by atoms with Crippen molar-refractivity contribution in [2.45, 2.75) is 32.4 Å². The first kappa shape index (κ1) is 21.4. The second-order valence-corrected chi connectivity index (χ2v) is 9.83. The predicted molar refractivity (Wildman–Crippen MR) is 125 cm³/mol. The Morgan fingerprint density at radius 1 is 1.03 bits per heavy atom. The maximum atomic E-state index is 11.8. The first-order valence-corrected chi connectivity index (χ1v) is 12.4. The monoisotopic (exact) mass is 439 g/mol. The van der Waals surface area contributed by atoms with Gasteiger partial charge in [-0.15, -0.1) is 0 Å². The van der Waals surface area contributed by atoms with Gasteiger partial charge in [-0.2, -0.15) is 5.10 Å². The molecule has 2 aromatic carbocycles. The number of hydrogen-bond donors (Lipinski definition) is 2. The van der Waals surface area contributed by atoms with E-state index in [0.717, 1.165) is 43.9 Å². The lowest BCUT2D eigenvalue weighted by molar-refractivity contribution is 0.414. The van der Waals surface area contributed by atoms with Gasteiger partial charge in [0.05, 0.1) is 17.1 Å². The molecule has 31 heavy (non-hydrogen) atoms. The number of benzene rings is 2. The Balaban J connectivity index is 1.30. The molecule has 0 aliphatic carbocycles. The van der Waals surface area contributed by atoms with Crippen LogP contribution in [-0.2, 0) is 16.6 Å². The number of sulfonamides is 1. The van der Waals surface area contributed by atoms with Crippen molar-refractivity contribution >= 4 is 21.4 Å². The zero-order valence-corrected chi connectivity index (χ0v) is 18.6. The summed E-state index contributed by atoms with van der Waals surface area (Å²) in [6, 6.07) is 18.5. The quantitative estimate of drug-likeness (QED) is 0.562. The van der Waals surface area contributed by atoms with E-state index in [-0.39, 0.29) is 5.75 Å². The van der Waals surface area contributed by atoms with Crippen molar-refractivity contribution in [1.82, 2.24) is 15.1 Å². The average Bonchev–Trinajstić information content (AvgIpc) is 3.33. The van der Waals surface area contributed by atoms with Crippen LogP contribution in [0.5, 0.6) is 0 Å². The highest BCUT2D eigenvalue weighted by Gasteiger charge is 2.19. The normalized spacial score (nSPS) is 15.2. The van der Waals surface area contributed by atoms with E-state index in [2.05, 4.69) is 44.3 Å². The van der Waals surface area contributed by atoms with Crippen molar-refractivity contribution in [3.8, 4) is 5.69 Å². The van der Waals surface area contributed by atoms with Crippen molar-refractivity contribution in [1.29, 1.82) is 0 Å². The molecular weight excluding hydrogens is 410 g/mol. The SMILES string of the molecule is CCS(=O)(=O)Nc1cccc(N2CCC(NCc3cccc(-n4cccn4)c3)CC2)c1. The summed E-state index contributed by atoms with van der Waals surface area (Å²) < 4.78 is 28.2. The van der Waals surface area contributed by atoms with Gasteiger partial charge in [0.25, 0.3) is 0 Å². The summed E-state index contributed by atoms with van der Waals surface area (Å²) in [5.41, 5.74) is 3.99. The van der Waals surface area contributed by atoms with Crippen LogP contribution in [0.4, 0.5) is 11.4 Å². The molecule has 2 heterocycles. The van der Waals surface area contributed by atoms with Crippen LogP contribution in [-0.4, -0.2) is 43.1 Å². The van der Waals surface area contributed by atoms with Crippen LogP contribution in [0.1, 0.15) is 25.3 Å². The molecule has 1 fully saturated rings. The number of rotatable bonds is 8. The van der Waals surface area contributed by atoms with Crippen LogP contribution in [0.3, 0.4) is 0 Å². The molecule has 164 valence electrons. The maximum Gasteiger partial charge on any atom is 0.232 e. The summed E-state index contributed by atoms with van der Waals surface area (Å²) in [7, 11) is -3.26. The molecule has 0 unspecified atom stereocenters.